The van der Waals surface area contributed by atoms with E-state index in [1.807, 2.05) is 6.07 Å². The first-order chi connectivity index (χ1) is 8.40. The number of rotatable bonds is 6. The van der Waals surface area contributed by atoms with Gasteiger partial charge in [0.1, 0.15) is 0 Å². The molecule has 1 aromatic rings. The number of carbonyl (C=O) groups excluding carboxylic acids is 1. The molecule has 0 saturated carbocycles. The standard InChI is InChI=1S/C14H23N3O/c1-10(2)6-7-17(3)9-12-5-4-11(14(16)18)8-13(12)15/h4-5,8,10H,6-7,9,15H2,1-3H3,(H2,16,18). The zero-order chi connectivity index (χ0) is 13.7. The number of nitrogens with zero attached hydrogens (tertiary/aromatic N) is 1. The van der Waals surface area contributed by atoms with Gasteiger partial charge in [0.15, 0.2) is 0 Å². The average molecular weight is 249 g/mol. The second-order valence-electron chi connectivity index (χ2n) is 5.20. The molecule has 0 unspecified atom stereocenters. The van der Waals surface area contributed by atoms with Crippen LogP contribution in [0.5, 0.6) is 0 Å². The van der Waals surface area contributed by atoms with Gasteiger partial charge in [-0.25, -0.2) is 0 Å². The van der Waals surface area contributed by atoms with Crippen LogP contribution in [0.15, 0.2) is 18.2 Å². The summed E-state index contributed by atoms with van der Waals surface area (Å²) in [7, 11) is 2.07. The van der Waals surface area contributed by atoms with E-state index in [4.69, 9.17) is 11.5 Å². The number of carbonyl (C=O) groups is 1. The Balaban J connectivity index is 2.64. The molecule has 0 atom stereocenters. The van der Waals surface area contributed by atoms with Crippen molar-refractivity contribution < 1.29 is 4.79 Å². The lowest BCUT2D eigenvalue weighted by molar-refractivity contribution is 0.100. The summed E-state index contributed by atoms with van der Waals surface area (Å²) >= 11 is 0. The largest absolute Gasteiger partial charge is 0.398 e. The molecule has 0 spiro atoms. The molecule has 18 heavy (non-hydrogen) atoms. The quantitative estimate of drug-likeness (QED) is 0.756. The van der Waals surface area contributed by atoms with E-state index in [-0.39, 0.29) is 0 Å². The molecule has 0 aliphatic carbocycles. The van der Waals surface area contributed by atoms with Gasteiger partial charge in [-0.05, 0) is 43.6 Å². The summed E-state index contributed by atoms with van der Waals surface area (Å²) in [6, 6.07) is 5.25. The van der Waals surface area contributed by atoms with Gasteiger partial charge in [0.2, 0.25) is 5.91 Å². The Hall–Kier alpha value is -1.55. The second-order valence-corrected chi connectivity index (χ2v) is 5.20. The minimum atomic E-state index is -0.443. The zero-order valence-corrected chi connectivity index (χ0v) is 11.4. The van der Waals surface area contributed by atoms with E-state index < -0.39 is 5.91 Å². The van der Waals surface area contributed by atoms with E-state index >= 15 is 0 Å². The van der Waals surface area contributed by atoms with Crippen molar-refractivity contribution in [2.75, 3.05) is 19.3 Å². The number of amides is 1. The van der Waals surface area contributed by atoms with Crippen LogP contribution in [-0.2, 0) is 6.54 Å². The molecule has 1 aromatic carbocycles. The first-order valence-electron chi connectivity index (χ1n) is 6.27. The Bertz CT molecular complexity index is 416. The lowest BCUT2D eigenvalue weighted by Crippen LogP contribution is -2.21. The third-order valence-corrected chi connectivity index (χ3v) is 2.96. The predicted octanol–water partition coefficient (Wildman–Crippen LogP) is 1.85. The number of hydrogen-bond donors (Lipinski definition) is 2. The fourth-order valence-electron chi connectivity index (χ4n) is 1.74. The summed E-state index contributed by atoms with van der Waals surface area (Å²) < 4.78 is 0. The van der Waals surface area contributed by atoms with E-state index in [2.05, 4.69) is 25.8 Å². The van der Waals surface area contributed by atoms with Gasteiger partial charge >= 0.3 is 0 Å². The van der Waals surface area contributed by atoms with Crippen molar-refractivity contribution in [2.24, 2.45) is 11.7 Å². The van der Waals surface area contributed by atoms with Crippen molar-refractivity contribution in [1.29, 1.82) is 0 Å². The van der Waals surface area contributed by atoms with E-state index in [1.54, 1.807) is 12.1 Å². The monoisotopic (exact) mass is 249 g/mol. The van der Waals surface area contributed by atoms with Crippen molar-refractivity contribution in [1.82, 2.24) is 4.90 Å². The Morgan fingerprint density at radius 3 is 2.56 bits per heavy atom. The fourth-order valence-corrected chi connectivity index (χ4v) is 1.74. The molecule has 100 valence electrons. The van der Waals surface area contributed by atoms with Gasteiger partial charge in [-0.15, -0.1) is 0 Å². The van der Waals surface area contributed by atoms with Crippen LogP contribution in [0.3, 0.4) is 0 Å². The normalized spacial score (nSPS) is 11.2. The number of nitrogen functional groups attached to an aromatic ring is 1. The molecule has 0 saturated heterocycles. The molecule has 0 aliphatic rings. The van der Waals surface area contributed by atoms with Crippen LogP contribution in [0.1, 0.15) is 36.2 Å². The Labute approximate surface area is 109 Å². The van der Waals surface area contributed by atoms with Gasteiger partial charge in [0.25, 0.3) is 0 Å². The summed E-state index contributed by atoms with van der Waals surface area (Å²) in [5, 5.41) is 0. The molecule has 0 fully saturated rings. The van der Waals surface area contributed by atoms with Crippen LogP contribution >= 0.6 is 0 Å². The Morgan fingerprint density at radius 2 is 2.06 bits per heavy atom. The maximum absolute atomic E-state index is 11.0. The zero-order valence-electron chi connectivity index (χ0n) is 11.4. The molecule has 1 amide bonds. The molecular formula is C14H23N3O. The van der Waals surface area contributed by atoms with Crippen molar-refractivity contribution >= 4 is 11.6 Å². The van der Waals surface area contributed by atoms with E-state index in [0.29, 0.717) is 17.2 Å². The second kappa shape index (κ2) is 6.40. The molecule has 0 radical (unpaired) electrons. The smallest absolute Gasteiger partial charge is 0.248 e. The molecule has 0 bridgehead atoms. The summed E-state index contributed by atoms with van der Waals surface area (Å²) in [6.45, 7) is 6.25. The Kier molecular flexibility index (Phi) is 5.16. The van der Waals surface area contributed by atoms with Crippen molar-refractivity contribution in [2.45, 2.75) is 26.8 Å². The van der Waals surface area contributed by atoms with Gasteiger partial charge < -0.3 is 16.4 Å². The van der Waals surface area contributed by atoms with Crippen LogP contribution in [-0.4, -0.2) is 24.4 Å². The molecule has 4 nitrogen and oxygen atoms in total. The van der Waals surface area contributed by atoms with Crippen LogP contribution in [0.4, 0.5) is 5.69 Å². The summed E-state index contributed by atoms with van der Waals surface area (Å²) in [6.07, 6.45) is 1.16. The molecule has 0 aromatic heterocycles. The maximum Gasteiger partial charge on any atom is 0.248 e. The van der Waals surface area contributed by atoms with Crippen LogP contribution in [0, 0.1) is 5.92 Å². The topological polar surface area (TPSA) is 72.3 Å². The van der Waals surface area contributed by atoms with Crippen molar-refractivity contribution in [3.63, 3.8) is 0 Å². The van der Waals surface area contributed by atoms with Crippen LogP contribution in [0.2, 0.25) is 0 Å². The number of nitrogens with two attached hydrogens (primary N) is 2. The van der Waals surface area contributed by atoms with E-state index in [1.165, 1.54) is 0 Å². The van der Waals surface area contributed by atoms with Crippen molar-refractivity contribution in [3.8, 4) is 0 Å². The molecule has 1 rings (SSSR count). The first kappa shape index (κ1) is 14.5. The number of benzene rings is 1. The summed E-state index contributed by atoms with van der Waals surface area (Å²) in [4.78, 5) is 13.3. The maximum atomic E-state index is 11.0. The third kappa shape index (κ3) is 4.37. The number of anilines is 1. The van der Waals surface area contributed by atoms with Crippen molar-refractivity contribution in [3.05, 3.63) is 29.3 Å². The average Bonchev–Trinajstić information content (AvgIpc) is 2.29. The van der Waals surface area contributed by atoms with Gasteiger partial charge in [0, 0.05) is 17.8 Å². The SMILES string of the molecule is CC(C)CCN(C)Cc1ccc(C(N)=O)cc1N. The highest BCUT2D eigenvalue weighted by Crippen LogP contribution is 2.16. The molecule has 0 heterocycles. The minimum absolute atomic E-state index is 0.443. The van der Waals surface area contributed by atoms with E-state index in [9.17, 15) is 4.79 Å². The molecular weight excluding hydrogens is 226 g/mol. The van der Waals surface area contributed by atoms with Gasteiger partial charge in [0.05, 0.1) is 0 Å². The highest BCUT2D eigenvalue weighted by Gasteiger charge is 2.07. The van der Waals surface area contributed by atoms with E-state index in [0.717, 1.165) is 25.1 Å². The predicted molar refractivity (Wildman–Crippen MR) is 75.2 cm³/mol. The lowest BCUT2D eigenvalue weighted by atomic mass is 10.1. The van der Waals surface area contributed by atoms with Crippen LogP contribution < -0.4 is 11.5 Å². The minimum Gasteiger partial charge on any atom is -0.398 e. The third-order valence-electron chi connectivity index (χ3n) is 2.96. The molecule has 4 N–H and O–H groups in total. The molecule has 4 heteroatoms. The summed E-state index contributed by atoms with van der Waals surface area (Å²) in [5.74, 6) is 0.253. The summed E-state index contributed by atoms with van der Waals surface area (Å²) in [5.41, 5.74) is 13.3. The van der Waals surface area contributed by atoms with Crippen LogP contribution in [0.25, 0.3) is 0 Å². The highest BCUT2D eigenvalue weighted by atomic mass is 16.1. The van der Waals surface area contributed by atoms with Gasteiger partial charge in [-0.2, -0.15) is 0 Å². The van der Waals surface area contributed by atoms with Gasteiger partial charge in [-0.1, -0.05) is 19.9 Å². The Morgan fingerprint density at radius 1 is 1.39 bits per heavy atom. The number of primary amides is 1. The fraction of sp³-hybridized carbons (Fsp3) is 0.500. The number of hydrogen-bond acceptors (Lipinski definition) is 3. The molecule has 0 aliphatic heterocycles. The highest BCUT2D eigenvalue weighted by molar-refractivity contribution is 5.93. The lowest BCUT2D eigenvalue weighted by Gasteiger charge is -2.19. The van der Waals surface area contributed by atoms with Gasteiger partial charge in [-0.3, -0.25) is 4.79 Å². The first-order valence-corrected chi connectivity index (χ1v) is 6.27.